The van der Waals surface area contributed by atoms with Gasteiger partial charge in [0.2, 0.25) is 5.91 Å². The van der Waals surface area contributed by atoms with Gasteiger partial charge in [-0.25, -0.2) is 8.42 Å². The predicted molar refractivity (Wildman–Crippen MR) is 139 cm³/mol. The Hall–Kier alpha value is -3.74. The molecule has 0 saturated carbocycles. The highest BCUT2D eigenvalue weighted by Crippen LogP contribution is 2.37. The van der Waals surface area contributed by atoms with E-state index in [0.29, 0.717) is 5.56 Å². The lowest BCUT2D eigenvalue weighted by molar-refractivity contribution is 0.0999. The number of amides is 1. The van der Waals surface area contributed by atoms with Gasteiger partial charge in [-0.2, -0.15) is 0 Å². The Morgan fingerprint density at radius 2 is 1.23 bits per heavy atom. The Bertz CT molecular complexity index is 1310. The molecule has 0 unspecified atom stereocenters. The van der Waals surface area contributed by atoms with Crippen LogP contribution in [0.5, 0.6) is 0 Å². The lowest BCUT2D eigenvalue weighted by Crippen LogP contribution is -2.44. The first-order chi connectivity index (χ1) is 16.9. The van der Waals surface area contributed by atoms with Gasteiger partial charge in [0.1, 0.15) is 0 Å². The van der Waals surface area contributed by atoms with Crippen LogP contribution in [-0.4, -0.2) is 20.1 Å². The molecule has 0 saturated heterocycles. The highest BCUT2D eigenvalue weighted by atomic mass is 32.2. The van der Waals surface area contributed by atoms with Crippen LogP contribution in [0.2, 0.25) is 0 Å². The molecule has 0 atom stereocenters. The van der Waals surface area contributed by atoms with Gasteiger partial charge < -0.3 is 5.73 Å². The molecular weight excluding hydrogens is 456 g/mol. The van der Waals surface area contributed by atoms with Crippen LogP contribution in [0.1, 0.15) is 39.5 Å². The fraction of sp³-hybridized carbons (Fsp3) is 0.138. The number of sulfone groups is 1. The SMILES string of the molecule is CCS(=O)(=O)c1ccc(CNC(c2ccccc2)(c2ccccc2)c2ccccc2)c(C(N)=O)c1. The summed E-state index contributed by atoms with van der Waals surface area (Å²) in [6.07, 6.45) is 0. The summed E-state index contributed by atoms with van der Waals surface area (Å²) in [7, 11) is -3.47. The average molecular weight is 485 g/mol. The average Bonchev–Trinajstić information content (AvgIpc) is 2.91. The molecule has 178 valence electrons. The minimum absolute atomic E-state index is 0.0536. The fourth-order valence-electron chi connectivity index (χ4n) is 4.40. The molecule has 3 N–H and O–H groups in total. The Labute approximate surface area is 206 Å². The van der Waals surface area contributed by atoms with Crippen molar-refractivity contribution in [2.24, 2.45) is 5.73 Å². The summed E-state index contributed by atoms with van der Waals surface area (Å²) >= 11 is 0. The first-order valence-corrected chi connectivity index (χ1v) is 13.1. The first-order valence-electron chi connectivity index (χ1n) is 11.5. The predicted octanol–water partition coefficient (Wildman–Crippen LogP) is 4.66. The highest BCUT2D eigenvalue weighted by molar-refractivity contribution is 7.91. The third-order valence-electron chi connectivity index (χ3n) is 6.25. The Kier molecular flexibility index (Phi) is 7.15. The van der Waals surface area contributed by atoms with E-state index in [4.69, 9.17) is 5.73 Å². The number of primary amides is 1. The van der Waals surface area contributed by atoms with Crippen molar-refractivity contribution >= 4 is 15.7 Å². The van der Waals surface area contributed by atoms with Crippen molar-refractivity contribution in [1.29, 1.82) is 0 Å². The Balaban J connectivity index is 1.86. The van der Waals surface area contributed by atoms with Crippen molar-refractivity contribution in [3.63, 3.8) is 0 Å². The summed E-state index contributed by atoms with van der Waals surface area (Å²) in [5.74, 6) is -0.721. The zero-order chi connectivity index (χ0) is 24.9. The molecule has 0 aromatic heterocycles. The van der Waals surface area contributed by atoms with Crippen LogP contribution in [0.25, 0.3) is 0 Å². The summed E-state index contributed by atoms with van der Waals surface area (Å²) in [5, 5.41) is 3.71. The Morgan fingerprint density at radius 3 is 1.63 bits per heavy atom. The minimum Gasteiger partial charge on any atom is -0.366 e. The zero-order valence-electron chi connectivity index (χ0n) is 19.5. The molecule has 4 aromatic carbocycles. The lowest BCUT2D eigenvalue weighted by atomic mass is 9.77. The monoisotopic (exact) mass is 484 g/mol. The van der Waals surface area contributed by atoms with Crippen molar-refractivity contribution in [3.05, 3.63) is 137 Å². The van der Waals surface area contributed by atoms with Crippen molar-refractivity contribution in [3.8, 4) is 0 Å². The zero-order valence-corrected chi connectivity index (χ0v) is 20.3. The maximum Gasteiger partial charge on any atom is 0.249 e. The standard InChI is InChI=1S/C29H28N2O3S/c1-2-35(33,34)26-19-18-22(27(20-26)28(30)32)21-31-29(23-12-6-3-7-13-23,24-14-8-4-9-15-24)25-16-10-5-11-17-25/h3-20,31H,2,21H2,1H3,(H2,30,32). The van der Waals surface area contributed by atoms with Crippen molar-refractivity contribution < 1.29 is 13.2 Å². The van der Waals surface area contributed by atoms with Crippen molar-refractivity contribution in [2.45, 2.75) is 23.9 Å². The maximum atomic E-state index is 12.4. The van der Waals surface area contributed by atoms with Crippen LogP contribution in [0.4, 0.5) is 0 Å². The lowest BCUT2D eigenvalue weighted by Gasteiger charge is -2.37. The molecule has 5 nitrogen and oxygen atoms in total. The van der Waals surface area contributed by atoms with E-state index in [1.807, 2.05) is 54.6 Å². The first kappa shape index (κ1) is 24.4. The van der Waals surface area contributed by atoms with E-state index in [1.54, 1.807) is 13.0 Å². The molecule has 0 spiro atoms. The third-order valence-corrected chi connectivity index (χ3v) is 7.98. The van der Waals surface area contributed by atoms with E-state index >= 15 is 0 Å². The molecule has 1 amide bonds. The van der Waals surface area contributed by atoms with E-state index < -0.39 is 21.3 Å². The molecule has 0 heterocycles. The van der Waals surface area contributed by atoms with Crippen LogP contribution in [0.15, 0.2) is 114 Å². The molecule has 35 heavy (non-hydrogen) atoms. The van der Waals surface area contributed by atoms with Crippen molar-refractivity contribution in [1.82, 2.24) is 5.32 Å². The summed E-state index contributed by atoms with van der Waals surface area (Å²) in [4.78, 5) is 12.4. The largest absolute Gasteiger partial charge is 0.366 e. The van der Waals surface area contributed by atoms with E-state index in [0.717, 1.165) is 16.7 Å². The number of carbonyl (C=O) groups excluding carboxylic acids is 1. The topological polar surface area (TPSA) is 89.3 Å². The quantitative estimate of drug-likeness (QED) is 0.338. The summed E-state index contributed by atoms with van der Waals surface area (Å²) in [5.41, 5.74) is 8.86. The molecule has 0 radical (unpaired) electrons. The van der Waals surface area contributed by atoms with Crippen LogP contribution in [0, 0.1) is 0 Å². The minimum atomic E-state index is -3.47. The molecule has 0 aliphatic carbocycles. The van der Waals surface area contributed by atoms with Gasteiger partial charge in [-0.05, 0) is 34.4 Å². The number of carbonyl (C=O) groups is 1. The summed E-state index contributed by atoms with van der Waals surface area (Å²) in [6.45, 7) is 1.85. The second-order valence-corrected chi connectivity index (χ2v) is 10.6. The van der Waals surface area contributed by atoms with Gasteiger partial charge in [0.15, 0.2) is 9.84 Å². The van der Waals surface area contributed by atoms with Gasteiger partial charge in [0, 0.05) is 12.1 Å². The molecule has 0 bridgehead atoms. The van der Waals surface area contributed by atoms with E-state index in [9.17, 15) is 13.2 Å². The van der Waals surface area contributed by atoms with Gasteiger partial charge in [-0.1, -0.05) is 104 Å². The second-order valence-electron chi connectivity index (χ2n) is 8.29. The van der Waals surface area contributed by atoms with Gasteiger partial charge in [-0.15, -0.1) is 0 Å². The summed E-state index contributed by atoms with van der Waals surface area (Å²) < 4.78 is 24.8. The van der Waals surface area contributed by atoms with Crippen LogP contribution < -0.4 is 11.1 Å². The molecular formula is C29H28N2O3S. The van der Waals surface area contributed by atoms with Crippen LogP contribution in [-0.2, 0) is 21.9 Å². The number of hydrogen-bond donors (Lipinski definition) is 2. The number of rotatable bonds is 9. The van der Waals surface area contributed by atoms with Gasteiger partial charge in [-0.3, -0.25) is 10.1 Å². The smallest absolute Gasteiger partial charge is 0.249 e. The van der Waals surface area contributed by atoms with Crippen LogP contribution in [0.3, 0.4) is 0 Å². The Morgan fingerprint density at radius 1 is 0.771 bits per heavy atom. The third kappa shape index (κ3) is 4.90. The van der Waals surface area contributed by atoms with E-state index in [-0.39, 0.29) is 22.8 Å². The molecule has 0 aliphatic rings. The van der Waals surface area contributed by atoms with Gasteiger partial charge in [0.25, 0.3) is 0 Å². The molecule has 0 aliphatic heterocycles. The van der Waals surface area contributed by atoms with E-state index in [2.05, 4.69) is 41.7 Å². The normalized spacial score (nSPS) is 11.8. The van der Waals surface area contributed by atoms with Crippen LogP contribution >= 0.6 is 0 Å². The fourth-order valence-corrected chi connectivity index (χ4v) is 5.30. The summed E-state index contributed by atoms with van der Waals surface area (Å²) in [6, 6.07) is 34.9. The maximum absolute atomic E-state index is 12.4. The van der Waals surface area contributed by atoms with E-state index in [1.165, 1.54) is 12.1 Å². The molecule has 4 aromatic rings. The number of nitrogens with two attached hydrogens (primary N) is 1. The number of hydrogen-bond acceptors (Lipinski definition) is 4. The molecule has 0 fully saturated rings. The van der Waals surface area contributed by atoms with Gasteiger partial charge >= 0.3 is 0 Å². The van der Waals surface area contributed by atoms with Gasteiger partial charge in [0.05, 0.1) is 16.2 Å². The highest BCUT2D eigenvalue weighted by Gasteiger charge is 2.36. The number of nitrogens with one attached hydrogen (secondary N) is 1. The second kappa shape index (κ2) is 10.3. The molecule has 4 rings (SSSR count). The van der Waals surface area contributed by atoms with Crippen molar-refractivity contribution in [2.75, 3.05) is 5.75 Å². The molecule has 6 heteroatoms. The number of benzene rings is 4.